The normalized spacial score (nSPS) is 32.5. The van der Waals surface area contributed by atoms with Gasteiger partial charge >= 0.3 is 0 Å². The summed E-state index contributed by atoms with van der Waals surface area (Å²) in [6.45, 7) is 0.307. The fourth-order valence-corrected chi connectivity index (χ4v) is 3.59. The highest BCUT2D eigenvalue weighted by Crippen LogP contribution is 2.39. The Bertz CT molecular complexity index is 724. The van der Waals surface area contributed by atoms with Crippen LogP contribution in [0.3, 0.4) is 0 Å². The predicted octanol–water partition coefficient (Wildman–Crippen LogP) is 1.64. The Morgan fingerprint density at radius 2 is 1.52 bits per heavy atom. The molecule has 6 nitrogen and oxygen atoms in total. The SMILES string of the molecule is OC[C@@]1(O)[C@H]2CO[C@H](O2)[C@@H](OCc2ccccc2)[C@@H]1OCc1ccccc1. The molecule has 0 unspecified atom stereocenters. The molecule has 2 N–H and O–H groups in total. The Balaban J connectivity index is 1.53. The van der Waals surface area contributed by atoms with Gasteiger partial charge in [-0.25, -0.2) is 0 Å². The van der Waals surface area contributed by atoms with Crippen molar-refractivity contribution in [2.75, 3.05) is 13.2 Å². The lowest BCUT2D eigenvalue weighted by Crippen LogP contribution is -2.66. The molecule has 4 rings (SSSR count). The van der Waals surface area contributed by atoms with Crippen molar-refractivity contribution >= 4 is 0 Å². The summed E-state index contributed by atoms with van der Waals surface area (Å²) in [5.41, 5.74) is 0.370. The first-order valence-corrected chi connectivity index (χ1v) is 9.12. The summed E-state index contributed by atoms with van der Waals surface area (Å²) < 4.78 is 23.5. The maximum absolute atomic E-state index is 11.1. The van der Waals surface area contributed by atoms with E-state index in [9.17, 15) is 10.2 Å². The molecule has 2 bridgehead atoms. The van der Waals surface area contributed by atoms with Gasteiger partial charge in [-0.15, -0.1) is 0 Å². The van der Waals surface area contributed by atoms with Crippen LogP contribution < -0.4 is 0 Å². The third kappa shape index (κ3) is 3.78. The lowest BCUT2D eigenvalue weighted by Gasteiger charge is -2.45. The summed E-state index contributed by atoms with van der Waals surface area (Å²) in [5.74, 6) is 0. The van der Waals surface area contributed by atoms with E-state index in [0.29, 0.717) is 13.2 Å². The first-order chi connectivity index (χ1) is 13.2. The molecular weight excluding hydrogens is 348 g/mol. The summed E-state index contributed by atoms with van der Waals surface area (Å²) in [7, 11) is 0. The second-order valence-corrected chi connectivity index (χ2v) is 6.95. The molecule has 0 radical (unpaired) electrons. The van der Waals surface area contributed by atoms with Crippen LogP contribution in [0.2, 0.25) is 0 Å². The molecule has 0 aromatic heterocycles. The van der Waals surface area contributed by atoms with Gasteiger partial charge in [0.25, 0.3) is 0 Å². The van der Waals surface area contributed by atoms with Crippen molar-refractivity contribution in [2.24, 2.45) is 0 Å². The molecule has 5 atom stereocenters. The Labute approximate surface area is 158 Å². The largest absolute Gasteiger partial charge is 0.393 e. The van der Waals surface area contributed by atoms with E-state index in [0.717, 1.165) is 11.1 Å². The number of benzene rings is 2. The van der Waals surface area contributed by atoms with Crippen molar-refractivity contribution in [3.8, 4) is 0 Å². The van der Waals surface area contributed by atoms with Crippen LogP contribution in [0, 0.1) is 0 Å². The Kier molecular flexibility index (Phi) is 5.54. The van der Waals surface area contributed by atoms with Crippen LogP contribution in [-0.2, 0) is 32.2 Å². The molecule has 0 aliphatic carbocycles. The second-order valence-electron chi connectivity index (χ2n) is 6.95. The number of aliphatic hydroxyl groups is 2. The van der Waals surface area contributed by atoms with Crippen LogP contribution in [0.25, 0.3) is 0 Å². The van der Waals surface area contributed by atoms with Crippen LogP contribution in [0.15, 0.2) is 60.7 Å². The molecule has 2 aliphatic heterocycles. The standard InChI is InChI=1S/C21H24O6/c22-14-21(23)17-13-26-20(27-17)18(24-11-15-7-3-1-4-8-15)19(21)25-12-16-9-5-2-6-10-16/h1-10,17-20,22-23H,11-14H2/t17-,18+,19+,20-,21-/m1/s1. The molecule has 2 fully saturated rings. The average molecular weight is 372 g/mol. The molecular formula is C21H24O6. The van der Waals surface area contributed by atoms with Crippen LogP contribution in [0.5, 0.6) is 0 Å². The Morgan fingerprint density at radius 1 is 0.926 bits per heavy atom. The minimum atomic E-state index is -1.59. The van der Waals surface area contributed by atoms with E-state index in [1.165, 1.54) is 0 Å². The zero-order chi connectivity index (χ0) is 18.7. The van der Waals surface area contributed by atoms with Gasteiger partial charge < -0.3 is 29.2 Å². The van der Waals surface area contributed by atoms with Gasteiger partial charge in [-0.05, 0) is 11.1 Å². The summed E-state index contributed by atoms with van der Waals surface area (Å²) in [6, 6.07) is 19.4. The second kappa shape index (κ2) is 8.06. The predicted molar refractivity (Wildman–Crippen MR) is 96.7 cm³/mol. The highest BCUT2D eigenvalue weighted by Gasteiger charge is 2.60. The Hall–Kier alpha value is -1.80. The van der Waals surface area contributed by atoms with Crippen molar-refractivity contribution in [1.29, 1.82) is 0 Å². The number of ether oxygens (including phenoxy) is 4. The maximum Gasteiger partial charge on any atom is 0.187 e. The zero-order valence-electron chi connectivity index (χ0n) is 14.9. The lowest BCUT2D eigenvalue weighted by atomic mass is 9.86. The fraction of sp³-hybridized carbons (Fsp3) is 0.429. The van der Waals surface area contributed by atoms with E-state index < -0.39 is 36.8 Å². The first-order valence-electron chi connectivity index (χ1n) is 9.12. The van der Waals surface area contributed by atoms with Gasteiger partial charge in [0, 0.05) is 0 Å². The molecule has 0 saturated carbocycles. The highest BCUT2D eigenvalue weighted by molar-refractivity contribution is 5.15. The van der Waals surface area contributed by atoms with Gasteiger partial charge in [0.2, 0.25) is 0 Å². The lowest BCUT2D eigenvalue weighted by molar-refractivity contribution is -0.298. The third-order valence-electron chi connectivity index (χ3n) is 5.14. The van der Waals surface area contributed by atoms with E-state index in [2.05, 4.69) is 0 Å². The molecule has 144 valence electrons. The quantitative estimate of drug-likeness (QED) is 0.769. The molecule has 2 saturated heterocycles. The summed E-state index contributed by atoms with van der Waals surface area (Å²) in [6.07, 6.45) is -2.72. The minimum absolute atomic E-state index is 0.193. The average Bonchev–Trinajstić information content (AvgIpc) is 3.18. The number of hydrogen-bond acceptors (Lipinski definition) is 6. The molecule has 2 aromatic rings. The molecule has 2 heterocycles. The van der Waals surface area contributed by atoms with Gasteiger partial charge in [0.15, 0.2) is 6.29 Å². The molecule has 0 amide bonds. The number of rotatable bonds is 7. The Morgan fingerprint density at radius 3 is 2.11 bits per heavy atom. The van der Waals surface area contributed by atoms with E-state index >= 15 is 0 Å². The van der Waals surface area contributed by atoms with Gasteiger partial charge in [-0.3, -0.25) is 0 Å². The summed E-state index contributed by atoms with van der Waals surface area (Å²) in [5, 5.41) is 21.0. The van der Waals surface area contributed by atoms with E-state index in [1.54, 1.807) is 0 Å². The van der Waals surface area contributed by atoms with E-state index in [-0.39, 0.29) is 6.61 Å². The third-order valence-corrected chi connectivity index (χ3v) is 5.14. The highest BCUT2D eigenvalue weighted by atomic mass is 16.8. The van der Waals surface area contributed by atoms with Crippen LogP contribution >= 0.6 is 0 Å². The zero-order valence-corrected chi connectivity index (χ0v) is 14.9. The van der Waals surface area contributed by atoms with Gasteiger partial charge in [-0.1, -0.05) is 60.7 Å². The van der Waals surface area contributed by atoms with Crippen molar-refractivity contribution in [3.05, 3.63) is 71.8 Å². The van der Waals surface area contributed by atoms with Crippen LogP contribution in [0.1, 0.15) is 11.1 Å². The van der Waals surface area contributed by atoms with Gasteiger partial charge in [-0.2, -0.15) is 0 Å². The van der Waals surface area contributed by atoms with Gasteiger partial charge in [0.1, 0.15) is 23.9 Å². The topological polar surface area (TPSA) is 77.4 Å². The van der Waals surface area contributed by atoms with Crippen LogP contribution in [0.4, 0.5) is 0 Å². The molecule has 2 aromatic carbocycles. The fourth-order valence-electron chi connectivity index (χ4n) is 3.59. The van der Waals surface area contributed by atoms with Gasteiger partial charge in [0.05, 0.1) is 26.4 Å². The molecule has 27 heavy (non-hydrogen) atoms. The van der Waals surface area contributed by atoms with Crippen molar-refractivity contribution in [3.63, 3.8) is 0 Å². The smallest absolute Gasteiger partial charge is 0.187 e. The maximum atomic E-state index is 11.1. The van der Waals surface area contributed by atoms with E-state index in [1.807, 2.05) is 60.7 Å². The number of fused-ring (bicyclic) bond motifs is 2. The van der Waals surface area contributed by atoms with Crippen molar-refractivity contribution in [2.45, 2.75) is 43.4 Å². The summed E-state index contributed by atoms with van der Waals surface area (Å²) >= 11 is 0. The molecule has 2 aliphatic rings. The summed E-state index contributed by atoms with van der Waals surface area (Å²) in [4.78, 5) is 0. The van der Waals surface area contributed by atoms with Crippen molar-refractivity contribution < 1.29 is 29.2 Å². The number of hydrogen-bond donors (Lipinski definition) is 2. The monoisotopic (exact) mass is 372 g/mol. The molecule has 0 spiro atoms. The van der Waals surface area contributed by atoms with Crippen molar-refractivity contribution in [1.82, 2.24) is 0 Å². The minimum Gasteiger partial charge on any atom is -0.393 e. The first kappa shape index (κ1) is 18.6. The van der Waals surface area contributed by atoms with E-state index in [4.69, 9.17) is 18.9 Å². The number of aliphatic hydroxyl groups excluding tert-OH is 1. The van der Waals surface area contributed by atoms with Crippen LogP contribution in [-0.4, -0.2) is 53.6 Å². The molecule has 6 heteroatoms.